The molecule has 1 saturated heterocycles. The minimum Gasteiger partial charge on any atom is -0.465 e. The minimum atomic E-state index is -0.0598. The first-order valence-corrected chi connectivity index (χ1v) is 6.14. The number of hydrogen-bond donors (Lipinski definition) is 1. The number of piperidine rings is 1. The van der Waals surface area contributed by atoms with Crippen LogP contribution < -0.4 is 5.32 Å². The molecule has 1 fully saturated rings. The lowest BCUT2D eigenvalue weighted by atomic mass is 9.94. The van der Waals surface area contributed by atoms with E-state index in [1.165, 1.54) is 6.42 Å². The van der Waals surface area contributed by atoms with E-state index in [4.69, 9.17) is 4.74 Å². The summed E-state index contributed by atoms with van der Waals surface area (Å²) in [4.78, 5) is 11.6. The fourth-order valence-electron chi connectivity index (χ4n) is 1.91. The van der Waals surface area contributed by atoms with Crippen molar-refractivity contribution in [1.82, 2.24) is 5.32 Å². The molecule has 0 amide bonds. The molecular formula is C12H23NO2. The van der Waals surface area contributed by atoms with E-state index >= 15 is 0 Å². The van der Waals surface area contributed by atoms with Crippen molar-refractivity contribution < 1.29 is 9.53 Å². The van der Waals surface area contributed by atoms with Crippen LogP contribution in [0.3, 0.4) is 0 Å². The highest BCUT2D eigenvalue weighted by Crippen LogP contribution is 2.15. The van der Waals surface area contributed by atoms with Crippen LogP contribution in [-0.4, -0.2) is 25.2 Å². The maximum absolute atomic E-state index is 11.6. The van der Waals surface area contributed by atoms with Crippen LogP contribution in [0.25, 0.3) is 0 Å². The van der Waals surface area contributed by atoms with Gasteiger partial charge in [-0.3, -0.25) is 4.79 Å². The Hall–Kier alpha value is -0.570. The molecule has 0 aromatic carbocycles. The average Bonchev–Trinajstić information content (AvgIpc) is 2.24. The van der Waals surface area contributed by atoms with Crippen molar-refractivity contribution in [2.45, 2.75) is 52.0 Å². The van der Waals surface area contributed by atoms with E-state index in [9.17, 15) is 4.79 Å². The summed E-state index contributed by atoms with van der Waals surface area (Å²) in [6, 6.07) is -0.0598. The van der Waals surface area contributed by atoms with Gasteiger partial charge in [0, 0.05) is 0 Å². The number of rotatable bonds is 5. The van der Waals surface area contributed by atoms with Crippen LogP contribution >= 0.6 is 0 Å². The van der Waals surface area contributed by atoms with Gasteiger partial charge in [-0.25, -0.2) is 0 Å². The molecule has 3 heteroatoms. The lowest BCUT2D eigenvalue weighted by Crippen LogP contribution is -2.43. The summed E-state index contributed by atoms with van der Waals surface area (Å²) >= 11 is 0. The fourth-order valence-corrected chi connectivity index (χ4v) is 1.91. The summed E-state index contributed by atoms with van der Waals surface area (Å²) in [5.41, 5.74) is 0. The van der Waals surface area contributed by atoms with Crippen molar-refractivity contribution in [3.05, 3.63) is 0 Å². The van der Waals surface area contributed by atoms with Crippen molar-refractivity contribution >= 4 is 5.97 Å². The maximum Gasteiger partial charge on any atom is 0.323 e. The molecule has 1 rings (SSSR count). The summed E-state index contributed by atoms with van der Waals surface area (Å²) < 4.78 is 5.23. The van der Waals surface area contributed by atoms with Crippen LogP contribution in [0.2, 0.25) is 0 Å². The molecule has 0 saturated carbocycles. The number of unbranched alkanes of at least 4 members (excludes halogenated alkanes) is 2. The molecule has 1 N–H and O–H groups in total. The van der Waals surface area contributed by atoms with Gasteiger partial charge >= 0.3 is 5.97 Å². The molecule has 1 aliphatic rings. The van der Waals surface area contributed by atoms with E-state index in [-0.39, 0.29) is 12.0 Å². The lowest BCUT2D eigenvalue weighted by molar-refractivity contribution is -0.147. The molecule has 15 heavy (non-hydrogen) atoms. The van der Waals surface area contributed by atoms with Gasteiger partial charge in [-0.15, -0.1) is 0 Å². The molecule has 0 bridgehead atoms. The highest BCUT2D eigenvalue weighted by atomic mass is 16.5. The summed E-state index contributed by atoms with van der Waals surface area (Å²) in [7, 11) is 0. The van der Waals surface area contributed by atoms with Gasteiger partial charge in [0.15, 0.2) is 0 Å². The monoisotopic (exact) mass is 213 g/mol. The van der Waals surface area contributed by atoms with Gasteiger partial charge in [0.2, 0.25) is 0 Å². The van der Waals surface area contributed by atoms with Gasteiger partial charge in [-0.2, -0.15) is 0 Å². The number of carbonyl (C=O) groups is 1. The SMILES string of the molecule is CCCCCOC(=O)C1CC(C)CCN1. The van der Waals surface area contributed by atoms with Crippen LogP contribution in [0.1, 0.15) is 46.0 Å². The number of carbonyl (C=O) groups excluding carboxylic acids is 1. The summed E-state index contributed by atoms with van der Waals surface area (Å²) in [6.45, 7) is 5.86. The van der Waals surface area contributed by atoms with Crippen LogP contribution in [-0.2, 0) is 9.53 Å². The summed E-state index contributed by atoms with van der Waals surface area (Å²) in [6.07, 6.45) is 5.38. The van der Waals surface area contributed by atoms with Crippen molar-refractivity contribution in [2.24, 2.45) is 5.92 Å². The molecule has 0 aliphatic carbocycles. The standard InChI is InChI=1S/C12H23NO2/c1-3-4-5-8-15-12(14)11-9-10(2)6-7-13-11/h10-11,13H,3-9H2,1-2H3. The normalized spacial score (nSPS) is 26.3. The first-order valence-electron chi connectivity index (χ1n) is 6.14. The second-order valence-corrected chi connectivity index (χ2v) is 4.51. The predicted octanol–water partition coefficient (Wildman–Crippen LogP) is 2.11. The van der Waals surface area contributed by atoms with E-state index in [1.807, 2.05) is 0 Å². The molecule has 0 aromatic rings. The molecule has 2 unspecified atom stereocenters. The zero-order chi connectivity index (χ0) is 11.1. The van der Waals surface area contributed by atoms with E-state index < -0.39 is 0 Å². The summed E-state index contributed by atoms with van der Waals surface area (Å²) in [5, 5.41) is 3.22. The molecule has 1 aliphatic heterocycles. The highest BCUT2D eigenvalue weighted by Gasteiger charge is 2.25. The van der Waals surface area contributed by atoms with Crippen molar-refractivity contribution in [3.63, 3.8) is 0 Å². The Morgan fingerprint density at radius 3 is 2.93 bits per heavy atom. The first kappa shape index (κ1) is 12.5. The molecule has 1 heterocycles. The molecule has 2 atom stereocenters. The largest absolute Gasteiger partial charge is 0.465 e. The quantitative estimate of drug-likeness (QED) is 0.561. The van der Waals surface area contributed by atoms with Gasteiger partial charge in [0.1, 0.15) is 6.04 Å². The third kappa shape index (κ3) is 4.65. The number of hydrogen-bond acceptors (Lipinski definition) is 3. The van der Waals surface area contributed by atoms with Crippen LogP contribution in [0, 0.1) is 5.92 Å². The second kappa shape index (κ2) is 6.83. The van der Waals surface area contributed by atoms with Gasteiger partial charge < -0.3 is 10.1 Å². The lowest BCUT2D eigenvalue weighted by Gasteiger charge is -2.26. The van der Waals surface area contributed by atoms with Crippen LogP contribution in [0.5, 0.6) is 0 Å². The maximum atomic E-state index is 11.6. The Kier molecular flexibility index (Phi) is 5.69. The Labute approximate surface area is 92.6 Å². The zero-order valence-electron chi connectivity index (χ0n) is 9.92. The Bertz CT molecular complexity index is 194. The molecule has 88 valence electrons. The Morgan fingerprint density at radius 2 is 2.27 bits per heavy atom. The van der Waals surface area contributed by atoms with Crippen LogP contribution in [0.4, 0.5) is 0 Å². The average molecular weight is 213 g/mol. The van der Waals surface area contributed by atoms with E-state index in [0.717, 1.165) is 32.2 Å². The zero-order valence-corrected chi connectivity index (χ0v) is 9.92. The molecule has 0 radical (unpaired) electrons. The van der Waals surface area contributed by atoms with Crippen LogP contribution in [0.15, 0.2) is 0 Å². The minimum absolute atomic E-state index is 0.0577. The predicted molar refractivity (Wildman–Crippen MR) is 60.7 cm³/mol. The van der Waals surface area contributed by atoms with Crippen molar-refractivity contribution in [1.29, 1.82) is 0 Å². The Balaban J connectivity index is 2.15. The topological polar surface area (TPSA) is 38.3 Å². The third-order valence-electron chi connectivity index (χ3n) is 2.94. The molecule has 0 aromatic heterocycles. The fraction of sp³-hybridized carbons (Fsp3) is 0.917. The van der Waals surface area contributed by atoms with Gasteiger partial charge in [-0.05, 0) is 31.7 Å². The smallest absolute Gasteiger partial charge is 0.323 e. The van der Waals surface area contributed by atoms with Crippen molar-refractivity contribution in [3.8, 4) is 0 Å². The van der Waals surface area contributed by atoms with Gasteiger partial charge in [-0.1, -0.05) is 26.7 Å². The number of nitrogens with one attached hydrogen (secondary N) is 1. The third-order valence-corrected chi connectivity index (χ3v) is 2.94. The van der Waals surface area contributed by atoms with Crippen molar-refractivity contribution in [2.75, 3.05) is 13.2 Å². The first-order chi connectivity index (χ1) is 7.24. The van der Waals surface area contributed by atoms with E-state index in [2.05, 4.69) is 19.2 Å². The van der Waals surface area contributed by atoms with E-state index in [1.54, 1.807) is 0 Å². The summed E-state index contributed by atoms with van der Waals surface area (Å²) in [5.74, 6) is 0.581. The van der Waals surface area contributed by atoms with Gasteiger partial charge in [0.05, 0.1) is 6.61 Å². The molecule has 3 nitrogen and oxygen atoms in total. The van der Waals surface area contributed by atoms with Gasteiger partial charge in [0.25, 0.3) is 0 Å². The Morgan fingerprint density at radius 1 is 1.47 bits per heavy atom. The molecular weight excluding hydrogens is 190 g/mol. The highest BCUT2D eigenvalue weighted by molar-refractivity contribution is 5.75. The second-order valence-electron chi connectivity index (χ2n) is 4.51. The number of esters is 1. The number of ether oxygens (including phenoxy) is 1. The molecule has 0 spiro atoms. The van der Waals surface area contributed by atoms with E-state index in [0.29, 0.717) is 12.5 Å².